The molecule has 0 bridgehead atoms. The Morgan fingerprint density at radius 2 is 2.08 bits per heavy atom. The van der Waals surface area contributed by atoms with Gasteiger partial charge in [0.05, 0.1) is 0 Å². The summed E-state index contributed by atoms with van der Waals surface area (Å²) in [5, 5.41) is 0. The maximum Gasteiger partial charge on any atom is 0.0261 e. The molecular weight excluding hydrogens is 158 g/mol. The molecule has 2 heterocycles. The smallest absolute Gasteiger partial charge is 0.0261 e. The standard InChI is InChI=1S/C12H23N/c1-5-12-8-10(2)9-13(12)7-6-11(12,3)4/h10H,5-9H2,1-4H3/t10-,12+/m0/s1. The van der Waals surface area contributed by atoms with Crippen LogP contribution in [-0.2, 0) is 0 Å². The van der Waals surface area contributed by atoms with Gasteiger partial charge in [0.15, 0.2) is 0 Å². The van der Waals surface area contributed by atoms with Crippen molar-refractivity contribution in [2.24, 2.45) is 11.3 Å². The van der Waals surface area contributed by atoms with E-state index in [2.05, 4.69) is 32.6 Å². The minimum absolute atomic E-state index is 0.548. The topological polar surface area (TPSA) is 3.24 Å². The fourth-order valence-electron chi connectivity index (χ4n) is 3.82. The number of fused-ring (bicyclic) bond motifs is 1. The van der Waals surface area contributed by atoms with Crippen LogP contribution < -0.4 is 0 Å². The molecule has 2 fully saturated rings. The van der Waals surface area contributed by atoms with Crippen LogP contribution in [0.2, 0.25) is 0 Å². The first-order chi connectivity index (χ1) is 6.02. The van der Waals surface area contributed by atoms with Crippen molar-refractivity contribution in [3.05, 3.63) is 0 Å². The number of rotatable bonds is 1. The molecule has 0 spiro atoms. The highest BCUT2D eigenvalue weighted by molar-refractivity contribution is 5.10. The van der Waals surface area contributed by atoms with Crippen molar-refractivity contribution in [1.29, 1.82) is 0 Å². The quantitative estimate of drug-likeness (QED) is 0.601. The summed E-state index contributed by atoms with van der Waals surface area (Å²) in [6.45, 7) is 12.4. The van der Waals surface area contributed by atoms with Crippen LogP contribution in [0.15, 0.2) is 0 Å². The lowest BCUT2D eigenvalue weighted by molar-refractivity contribution is 0.0894. The predicted molar refractivity (Wildman–Crippen MR) is 56.8 cm³/mol. The van der Waals surface area contributed by atoms with Crippen molar-refractivity contribution in [3.63, 3.8) is 0 Å². The Bertz CT molecular complexity index is 209. The Morgan fingerprint density at radius 1 is 1.38 bits per heavy atom. The van der Waals surface area contributed by atoms with Gasteiger partial charge >= 0.3 is 0 Å². The SMILES string of the molecule is CC[C@]12C[C@H](C)CN1CCC2(C)C. The third-order valence-electron chi connectivity index (χ3n) is 4.67. The average Bonchev–Trinajstić information content (AvgIpc) is 2.49. The summed E-state index contributed by atoms with van der Waals surface area (Å²) in [5.74, 6) is 0.916. The van der Waals surface area contributed by atoms with Crippen LogP contribution >= 0.6 is 0 Å². The second-order valence-electron chi connectivity index (χ2n) is 5.77. The molecule has 0 amide bonds. The molecule has 0 aromatic rings. The minimum atomic E-state index is 0.548. The summed E-state index contributed by atoms with van der Waals surface area (Å²) >= 11 is 0. The second kappa shape index (κ2) is 2.73. The Balaban J connectivity index is 2.31. The van der Waals surface area contributed by atoms with Gasteiger partial charge in [-0.15, -0.1) is 0 Å². The molecule has 2 aliphatic heterocycles. The van der Waals surface area contributed by atoms with Crippen molar-refractivity contribution in [2.45, 2.75) is 52.5 Å². The van der Waals surface area contributed by atoms with E-state index in [9.17, 15) is 0 Å². The van der Waals surface area contributed by atoms with Gasteiger partial charge in [-0.3, -0.25) is 4.90 Å². The Morgan fingerprint density at radius 3 is 2.62 bits per heavy atom. The molecule has 2 rings (SSSR count). The van der Waals surface area contributed by atoms with Crippen molar-refractivity contribution in [1.82, 2.24) is 4.90 Å². The zero-order chi connectivity index (χ0) is 9.69. The lowest BCUT2D eigenvalue weighted by atomic mass is 9.69. The van der Waals surface area contributed by atoms with Crippen LogP contribution in [0.5, 0.6) is 0 Å². The monoisotopic (exact) mass is 181 g/mol. The van der Waals surface area contributed by atoms with Crippen LogP contribution in [0.3, 0.4) is 0 Å². The minimum Gasteiger partial charge on any atom is -0.297 e. The van der Waals surface area contributed by atoms with E-state index in [-0.39, 0.29) is 0 Å². The highest BCUT2D eigenvalue weighted by Gasteiger charge is 2.56. The molecule has 2 atom stereocenters. The molecule has 1 nitrogen and oxygen atoms in total. The number of hydrogen-bond acceptors (Lipinski definition) is 1. The third-order valence-corrected chi connectivity index (χ3v) is 4.67. The van der Waals surface area contributed by atoms with E-state index >= 15 is 0 Å². The summed E-state index contributed by atoms with van der Waals surface area (Å²) in [4.78, 5) is 2.76. The molecule has 0 aromatic heterocycles. The molecular formula is C12H23N. The summed E-state index contributed by atoms with van der Waals surface area (Å²) in [5.41, 5.74) is 1.10. The first-order valence-corrected chi connectivity index (χ1v) is 5.77. The maximum atomic E-state index is 2.76. The van der Waals surface area contributed by atoms with Gasteiger partial charge in [0.1, 0.15) is 0 Å². The molecule has 76 valence electrons. The first-order valence-electron chi connectivity index (χ1n) is 5.77. The largest absolute Gasteiger partial charge is 0.297 e. The van der Waals surface area contributed by atoms with E-state index < -0.39 is 0 Å². The zero-order valence-electron chi connectivity index (χ0n) is 9.56. The maximum absolute atomic E-state index is 2.76. The third kappa shape index (κ3) is 1.09. The van der Waals surface area contributed by atoms with E-state index in [0.29, 0.717) is 11.0 Å². The van der Waals surface area contributed by atoms with Crippen molar-refractivity contribution in [3.8, 4) is 0 Å². The van der Waals surface area contributed by atoms with Gasteiger partial charge in [0.25, 0.3) is 0 Å². The number of hydrogen-bond donors (Lipinski definition) is 0. The van der Waals surface area contributed by atoms with Crippen LogP contribution in [0.1, 0.15) is 47.0 Å². The van der Waals surface area contributed by atoms with Crippen LogP contribution in [0, 0.1) is 11.3 Å². The van der Waals surface area contributed by atoms with E-state index in [1.54, 1.807) is 0 Å². The van der Waals surface area contributed by atoms with Crippen LogP contribution in [0.4, 0.5) is 0 Å². The number of nitrogens with zero attached hydrogens (tertiary/aromatic N) is 1. The van der Waals surface area contributed by atoms with Crippen molar-refractivity contribution < 1.29 is 0 Å². The van der Waals surface area contributed by atoms with Gasteiger partial charge in [-0.1, -0.05) is 27.7 Å². The first kappa shape index (κ1) is 9.51. The zero-order valence-corrected chi connectivity index (χ0v) is 9.56. The predicted octanol–water partition coefficient (Wildman–Crippen LogP) is 2.91. The van der Waals surface area contributed by atoms with Crippen molar-refractivity contribution in [2.75, 3.05) is 13.1 Å². The fourth-order valence-corrected chi connectivity index (χ4v) is 3.82. The molecule has 2 saturated heterocycles. The molecule has 2 aliphatic rings. The van der Waals surface area contributed by atoms with E-state index in [1.165, 1.54) is 32.4 Å². The van der Waals surface area contributed by atoms with E-state index in [1.807, 2.05) is 0 Å². The highest BCUT2D eigenvalue weighted by Crippen LogP contribution is 2.54. The fraction of sp³-hybridized carbons (Fsp3) is 1.00. The van der Waals surface area contributed by atoms with Gasteiger partial charge in [-0.2, -0.15) is 0 Å². The van der Waals surface area contributed by atoms with Crippen molar-refractivity contribution >= 4 is 0 Å². The van der Waals surface area contributed by atoms with Gasteiger partial charge in [0.2, 0.25) is 0 Å². The average molecular weight is 181 g/mol. The summed E-state index contributed by atoms with van der Waals surface area (Å²) < 4.78 is 0. The second-order valence-corrected chi connectivity index (χ2v) is 5.77. The van der Waals surface area contributed by atoms with Crippen LogP contribution in [-0.4, -0.2) is 23.5 Å². The summed E-state index contributed by atoms with van der Waals surface area (Å²) in [6.07, 6.45) is 4.16. The molecule has 13 heavy (non-hydrogen) atoms. The Kier molecular flexibility index (Phi) is 1.99. The molecule has 0 N–H and O–H groups in total. The molecule has 1 heteroatoms. The lowest BCUT2D eigenvalue weighted by Gasteiger charge is -2.42. The van der Waals surface area contributed by atoms with Gasteiger partial charge in [-0.05, 0) is 37.1 Å². The van der Waals surface area contributed by atoms with Gasteiger partial charge < -0.3 is 0 Å². The highest BCUT2D eigenvalue weighted by atomic mass is 15.3. The van der Waals surface area contributed by atoms with Gasteiger partial charge in [0, 0.05) is 12.1 Å². The lowest BCUT2D eigenvalue weighted by Crippen LogP contribution is -2.46. The molecule has 0 saturated carbocycles. The summed E-state index contributed by atoms with van der Waals surface area (Å²) in [7, 11) is 0. The molecule has 0 aliphatic carbocycles. The molecule has 0 unspecified atom stereocenters. The normalized spacial score (nSPS) is 43.8. The summed E-state index contributed by atoms with van der Waals surface area (Å²) in [6, 6.07) is 0. The Hall–Kier alpha value is -0.0400. The molecule has 0 aromatic carbocycles. The van der Waals surface area contributed by atoms with E-state index in [4.69, 9.17) is 0 Å². The molecule has 0 radical (unpaired) electrons. The Labute approximate surface area is 82.5 Å². The van der Waals surface area contributed by atoms with Crippen LogP contribution in [0.25, 0.3) is 0 Å². The van der Waals surface area contributed by atoms with E-state index in [0.717, 1.165) is 5.92 Å². The van der Waals surface area contributed by atoms with Gasteiger partial charge in [-0.25, -0.2) is 0 Å².